The predicted octanol–water partition coefficient (Wildman–Crippen LogP) is 3.40. The fourth-order valence-electron chi connectivity index (χ4n) is 1.84. The molecule has 0 amide bonds. The molecule has 0 radical (unpaired) electrons. The van der Waals surface area contributed by atoms with E-state index in [1.165, 1.54) is 5.57 Å². The minimum absolute atomic E-state index is 0.285. The average molecular weight is 293 g/mol. The van der Waals surface area contributed by atoms with E-state index < -0.39 is 0 Å². The molecule has 1 atom stereocenters. The Morgan fingerprint density at radius 2 is 2.29 bits per heavy atom. The summed E-state index contributed by atoms with van der Waals surface area (Å²) in [4.78, 5) is 14.6. The van der Waals surface area contributed by atoms with Crippen LogP contribution in [0.5, 0.6) is 5.88 Å². The fraction of sp³-hybridized carbons (Fsp3) is 0.562. The quantitative estimate of drug-likeness (QED) is 0.334. The summed E-state index contributed by atoms with van der Waals surface area (Å²) in [5, 5.41) is 0. The average Bonchev–Trinajstić information content (AvgIpc) is 2.51. The zero-order valence-corrected chi connectivity index (χ0v) is 12.7. The third kappa shape index (κ3) is 6.25. The number of nitrogens with zero attached hydrogens (tertiary/aromatic N) is 1. The molecule has 1 saturated heterocycles. The third-order valence-corrected chi connectivity index (χ3v) is 3.05. The molecule has 1 aliphatic heterocycles. The number of pyridine rings is 1. The molecule has 2 rings (SSSR count). The summed E-state index contributed by atoms with van der Waals surface area (Å²) < 4.78 is 10.9. The van der Waals surface area contributed by atoms with Crippen molar-refractivity contribution in [1.82, 2.24) is 4.98 Å². The summed E-state index contributed by atoms with van der Waals surface area (Å²) in [6, 6.07) is 3.68. The first-order chi connectivity index (χ1) is 10.2. The zero-order valence-electron chi connectivity index (χ0n) is 12.7. The van der Waals surface area contributed by atoms with Crippen molar-refractivity contribution in [3.63, 3.8) is 0 Å². The second kappa shape index (κ2) is 8.77. The molecule has 1 aromatic heterocycles. The molecule has 0 N–H and O–H groups in total. The number of hydrogen-bond acceptors (Lipinski definition) is 5. The lowest BCUT2D eigenvalue weighted by Crippen LogP contribution is -2.23. The molecular formula is C16H23NO4. The Balaban J connectivity index is 1.69. The highest BCUT2D eigenvalue weighted by Crippen LogP contribution is 2.16. The van der Waals surface area contributed by atoms with Gasteiger partial charge in [0, 0.05) is 25.3 Å². The van der Waals surface area contributed by atoms with E-state index >= 15 is 0 Å². The molecule has 1 unspecified atom stereocenters. The van der Waals surface area contributed by atoms with Gasteiger partial charge in [0.15, 0.2) is 0 Å². The van der Waals surface area contributed by atoms with E-state index in [2.05, 4.69) is 4.98 Å². The van der Waals surface area contributed by atoms with E-state index in [0.29, 0.717) is 19.1 Å². The maximum Gasteiger partial charge on any atom is 0.256 e. The number of allylic oxidation sites excluding steroid dienone is 1. The molecule has 0 aromatic carbocycles. The van der Waals surface area contributed by atoms with Crippen LogP contribution in [-0.2, 0) is 21.0 Å². The lowest BCUT2D eigenvalue weighted by molar-refractivity contribution is -0.328. The highest BCUT2D eigenvalue weighted by molar-refractivity contribution is 5.16. The summed E-state index contributed by atoms with van der Waals surface area (Å²) in [5.74, 6) is 0.428. The predicted molar refractivity (Wildman–Crippen MR) is 78.6 cm³/mol. The largest absolute Gasteiger partial charge is 0.373 e. The minimum Gasteiger partial charge on any atom is -0.373 e. The molecule has 0 saturated carbocycles. The highest BCUT2D eigenvalue weighted by atomic mass is 17.2. The second-order valence-corrected chi connectivity index (χ2v) is 5.28. The molecule has 0 bridgehead atoms. The van der Waals surface area contributed by atoms with Gasteiger partial charge in [-0.05, 0) is 38.3 Å². The summed E-state index contributed by atoms with van der Waals surface area (Å²) in [7, 11) is 0. The maximum absolute atomic E-state index is 5.52. The Labute approximate surface area is 125 Å². The van der Waals surface area contributed by atoms with Crippen LogP contribution in [0.2, 0.25) is 0 Å². The lowest BCUT2D eigenvalue weighted by Gasteiger charge is -2.20. The summed E-state index contributed by atoms with van der Waals surface area (Å²) in [6.45, 7) is 5.97. The molecule has 1 aromatic rings. The van der Waals surface area contributed by atoms with Gasteiger partial charge in [0.2, 0.25) is 6.29 Å². The Morgan fingerprint density at radius 3 is 2.95 bits per heavy atom. The van der Waals surface area contributed by atoms with Crippen LogP contribution in [0.4, 0.5) is 0 Å². The van der Waals surface area contributed by atoms with Crippen LogP contribution < -0.4 is 4.89 Å². The molecule has 1 aliphatic rings. The second-order valence-electron chi connectivity index (χ2n) is 5.28. The van der Waals surface area contributed by atoms with E-state index in [1.807, 2.05) is 26.0 Å². The number of ether oxygens (including phenoxy) is 2. The Morgan fingerprint density at radius 1 is 1.38 bits per heavy atom. The van der Waals surface area contributed by atoms with E-state index in [1.54, 1.807) is 12.3 Å². The van der Waals surface area contributed by atoms with Gasteiger partial charge in [-0.15, -0.1) is 0 Å². The van der Waals surface area contributed by atoms with Crippen LogP contribution in [-0.4, -0.2) is 24.5 Å². The molecule has 1 fully saturated rings. The highest BCUT2D eigenvalue weighted by Gasteiger charge is 2.15. The van der Waals surface area contributed by atoms with Crippen LogP contribution in [0, 0.1) is 0 Å². The van der Waals surface area contributed by atoms with Crippen LogP contribution in [0.3, 0.4) is 0 Å². The summed E-state index contributed by atoms with van der Waals surface area (Å²) in [5.41, 5.74) is 2.25. The number of rotatable bonds is 7. The molecule has 21 heavy (non-hydrogen) atoms. The standard InChI is InChI=1S/C16H23NO4/c1-13(2)8-10-18-12-14-6-7-15(17-11-14)20-21-16-5-3-4-9-19-16/h6-8,11,16H,3-5,9-10,12H2,1-2H3. The first kappa shape index (κ1) is 15.9. The molecule has 0 aliphatic carbocycles. The molecular weight excluding hydrogens is 270 g/mol. The van der Waals surface area contributed by atoms with Crippen molar-refractivity contribution in [2.45, 2.75) is 46.0 Å². The maximum atomic E-state index is 5.52. The zero-order chi connectivity index (χ0) is 14.9. The first-order valence-electron chi connectivity index (χ1n) is 7.35. The number of aromatic nitrogens is 1. The normalized spacial score (nSPS) is 18.3. The van der Waals surface area contributed by atoms with Crippen molar-refractivity contribution in [2.75, 3.05) is 13.2 Å². The van der Waals surface area contributed by atoms with E-state index in [-0.39, 0.29) is 6.29 Å². The molecule has 116 valence electrons. The molecule has 0 spiro atoms. The SMILES string of the molecule is CC(C)=CCOCc1ccc(OOC2CCCCO2)nc1. The van der Waals surface area contributed by atoms with Crippen molar-refractivity contribution in [1.29, 1.82) is 0 Å². The van der Waals surface area contributed by atoms with Crippen LogP contribution >= 0.6 is 0 Å². The molecule has 5 nitrogen and oxygen atoms in total. The Hall–Kier alpha value is -1.43. The summed E-state index contributed by atoms with van der Waals surface area (Å²) in [6.07, 6.45) is 6.53. The van der Waals surface area contributed by atoms with Gasteiger partial charge in [0.25, 0.3) is 5.88 Å². The fourth-order valence-corrected chi connectivity index (χ4v) is 1.84. The third-order valence-electron chi connectivity index (χ3n) is 3.05. The lowest BCUT2D eigenvalue weighted by atomic mass is 10.2. The van der Waals surface area contributed by atoms with E-state index in [4.69, 9.17) is 19.2 Å². The van der Waals surface area contributed by atoms with Gasteiger partial charge in [-0.3, -0.25) is 0 Å². The van der Waals surface area contributed by atoms with Gasteiger partial charge < -0.3 is 14.4 Å². The van der Waals surface area contributed by atoms with E-state index in [9.17, 15) is 0 Å². The van der Waals surface area contributed by atoms with Crippen LogP contribution in [0.1, 0.15) is 38.7 Å². The van der Waals surface area contributed by atoms with Gasteiger partial charge >= 0.3 is 0 Å². The monoisotopic (exact) mass is 293 g/mol. The first-order valence-corrected chi connectivity index (χ1v) is 7.35. The van der Waals surface area contributed by atoms with Crippen molar-refractivity contribution in [3.05, 3.63) is 35.5 Å². The van der Waals surface area contributed by atoms with E-state index in [0.717, 1.165) is 31.4 Å². The van der Waals surface area contributed by atoms with Crippen LogP contribution in [0.25, 0.3) is 0 Å². The number of hydrogen-bond donors (Lipinski definition) is 0. The Bertz CT molecular complexity index is 434. The van der Waals surface area contributed by atoms with Gasteiger partial charge in [-0.25, -0.2) is 4.98 Å². The van der Waals surface area contributed by atoms with Crippen LogP contribution in [0.15, 0.2) is 30.0 Å². The smallest absolute Gasteiger partial charge is 0.256 e. The van der Waals surface area contributed by atoms with Gasteiger partial charge in [-0.2, -0.15) is 4.89 Å². The minimum atomic E-state index is -0.285. The van der Waals surface area contributed by atoms with Gasteiger partial charge in [0.1, 0.15) is 0 Å². The van der Waals surface area contributed by atoms with Crippen molar-refractivity contribution in [2.24, 2.45) is 0 Å². The van der Waals surface area contributed by atoms with Gasteiger partial charge in [0.05, 0.1) is 13.2 Å². The van der Waals surface area contributed by atoms with Crippen molar-refractivity contribution < 1.29 is 19.2 Å². The Kier molecular flexibility index (Phi) is 6.66. The van der Waals surface area contributed by atoms with Gasteiger partial charge in [-0.1, -0.05) is 11.6 Å². The van der Waals surface area contributed by atoms with Crippen molar-refractivity contribution >= 4 is 0 Å². The molecule has 5 heteroatoms. The van der Waals surface area contributed by atoms with Crippen molar-refractivity contribution in [3.8, 4) is 5.88 Å². The topological polar surface area (TPSA) is 49.8 Å². The summed E-state index contributed by atoms with van der Waals surface area (Å²) >= 11 is 0. The molecule has 2 heterocycles.